The summed E-state index contributed by atoms with van der Waals surface area (Å²) in [5, 5.41) is 0. The molecular formula is C43H39N. The van der Waals surface area contributed by atoms with Crippen molar-refractivity contribution in [1.29, 1.82) is 0 Å². The fourth-order valence-corrected chi connectivity index (χ4v) is 11.1. The summed E-state index contributed by atoms with van der Waals surface area (Å²) in [6.45, 7) is 4.77. The SMILES string of the molecule is CC1(C)c2ccccc2-c2ccc(N(c3ccccc3)c3ccc4c(c3)C3(c5ccccc5-4)C4CC5CC(C4)CC3C5)cc21. The van der Waals surface area contributed by atoms with E-state index >= 15 is 0 Å². The van der Waals surface area contributed by atoms with Gasteiger partial charge in [0.25, 0.3) is 0 Å². The van der Waals surface area contributed by atoms with Crippen LogP contribution in [0.1, 0.15) is 68.2 Å². The molecule has 5 aromatic rings. The van der Waals surface area contributed by atoms with E-state index in [2.05, 4.69) is 134 Å². The second-order valence-corrected chi connectivity index (χ2v) is 15.0. The fourth-order valence-electron chi connectivity index (χ4n) is 11.1. The van der Waals surface area contributed by atoms with Gasteiger partial charge < -0.3 is 4.90 Å². The Hall–Kier alpha value is -4.10. The molecule has 216 valence electrons. The number of para-hydroxylation sites is 1. The highest BCUT2D eigenvalue weighted by atomic mass is 15.1. The summed E-state index contributed by atoms with van der Waals surface area (Å²) in [5.74, 6) is 3.42. The van der Waals surface area contributed by atoms with E-state index in [1.165, 1.54) is 82.5 Å². The van der Waals surface area contributed by atoms with Gasteiger partial charge in [-0.2, -0.15) is 0 Å². The Balaban J connectivity index is 1.17. The van der Waals surface area contributed by atoms with Crippen molar-refractivity contribution >= 4 is 17.1 Å². The smallest absolute Gasteiger partial charge is 0.0465 e. The summed E-state index contributed by atoms with van der Waals surface area (Å²) in [6, 6.07) is 44.1. The van der Waals surface area contributed by atoms with Gasteiger partial charge in [0, 0.05) is 27.9 Å². The second-order valence-electron chi connectivity index (χ2n) is 15.0. The summed E-state index contributed by atoms with van der Waals surface area (Å²) < 4.78 is 0. The Morgan fingerprint density at radius 2 is 0.955 bits per heavy atom. The first-order chi connectivity index (χ1) is 21.5. The Morgan fingerprint density at radius 1 is 0.455 bits per heavy atom. The summed E-state index contributed by atoms with van der Waals surface area (Å²) in [6.07, 6.45) is 7.13. The van der Waals surface area contributed by atoms with Gasteiger partial charge in [-0.15, -0.1) is 0 Å². The second kappa shape index (κ2) is 8.75. The molecule has 0 aliphatic heterocycles. The Kier molecular flexibility index (Phi) is 5.02. The van der Waals surface area contributed by atoms with Crippen LogP contribution in [0.4, 0.5) is 17.1 Å². The van der Waals surface area contributed by atoms with Crippen molar-refractivity contribution in [3.63, 3.8) is 0 Å². The fraction of sp³-hybridized carbons (Fsp3) is 0.302. The van der Waals surface area contributed by atoms with Gasteiger partial charge in [0.1, 0.15) is 0 Å². The average Bonchev–Trinajstić information content (AvgIpc) is 3.46. The molecule has 1 spiro atoms. The highest BCUT2D eigenvalue weighted by Crippen LogP contribution is 2.69. The number of anilines is 3. The van der Waals surface area contributed by atoms with Crippen LogP contribution in [0, 0.1) is 23.7 Å². The maximum absolute atomic E-state index is 2.62. The van der Waals surface area contributed by atoms with Crippen LogP contribution in [0.2, 0.25) is 0 Å². The predicted molar refractivity (Wildman–Crippen MR) is 182 cm³/mol. The molecular weight excluding hydrogens is 530 g/mol. The maximum atomic E-state index is 2.62. The molecule has 0 aromatic heterocycles. The lowest BCUT2D eigenvalue weighted by Gasteiger charge is -2.61. The van der Waals surface area contributed by atoms with Gasteiger partial charge >= 0.3 is 0 Å². The lowest BCUT2D eigenvalue weighted by atomic mass is 9.43. The molecule has 4 fully saturated rings. The van der Waals surface area contributed by atoms with E-state index in [0.717, 1.165) is 23.7 Å². The standard InChI is InChI=1S/C43H39N/c1-42(2)38-14-8-6-12-34(38)36-18-16-32(25-40(36)42)44(31-10-4-3-5-11-31)33-17-19-37-35-13-7-9-15-39(35)43(41(37)26-33)29-21-27-20-28(23-29)24-30(43)22-27/h3-19,25-30H,20-24H2,1-2H3. The molecule has 44 heavy (non-hydrogen) atoms. The minimum Gasteiger partial charge on any atom is -0.310 e. The van der Waals surface area contributed by atoms with Gasteiger partial charge in [0.2, 0.25) is 0 Å². The lowest BCUT2D eigenvalue weighted by Crippen LogP contribution is -2.55. The van der Waals surface area contributed by atoms with Crippen molar-refractivity contribution in [2.45, 2.75) is 56.8 Å². The number of fused-ring (bicyclic) bond motifs is 6. The zero-order chi connectivity index (χ0) is 29.2. The highest BCUT2D eigenvalue weighted by molar-refractivity contribution is 5.88. The van der Waals surface area contributed by atoms with E-state index in [-0.39, 0.29) is 10.8 Å². The van der Waals surface area contributed by atoms with Gasteiger partial charge in [0.15, 0.2) is 0 Å². The van der Waals surface area contributed by atoms with Crippen molar-refractivity contribution in [3.05, 3.63) is 138 Å². The number of hydrogen-bond donors (Lipinski definition) is 0. The third-order valence-corrected chi connectivity index (χ3v) is 12.6. The van der Waals surface area contributed by atoms with E-state index in [1.807, 2.05) is 0 Å². The van der Waals surface area contributed by atoms with Crippen LogP contribution < -0.4 is 4.90 Å². The Bertz CT molecular complexity index is 1930. The molecule has 5 aromatic carbocycles. The van der Waals surface area contributed by atoms with Gasteiger partial charge in [0.05, 0.1) is 0 Å². The first-order valence-electron chi connectivity index (χ1n) is 16.9. The summed E-state index contributed by atoms with van der Waals surface area (Å²) >= 11 is 0. The zero-order valence-corrected chi connectivity index (χ0v) is 25.8. The molecule has 4 bridgehead atoms. The Morgan fingerprint density at radius 3 is 1.61 bits per heavy atom. The molecule has 0 saturated heterocycles. The van der Waals surface area contributed by atoms with Crippen LogP contribution in [0.3, 0.4) is 0 Å². The molecule has 0 heterocycles. The number of hydrogen-bond acceptors (Lipinski definition) is 1. The van der Waals surface area contributed by atoms with Crippen LogP contribution in [0.5, 0.6) is 0 Å². The van der Waals surface area contributed by atoms with Crippen LogP contribution in [-0.4, -0.2) is 0 Å². The van der Waals surface area contributed by atoms with E-state index in [0.29, 0.717) is 0 Å². The summed E-state index contributed by atoms with van der Waals surface area (Å²) in [5.41, 5.74) is 15.7. The van der Waals surface area contributed by atoms with Crippen LogP contribution in [-0.2, 0) is 10.8 Å². The van der Waals surface area contributed by atoms with Gasteiger partial charge in [-0.25, -0.2) is 0 Å². The number of rotatable bonds is 3. The third-order valence-electron chi connectivity index (χ3n) is 12.6. The van der Waals surface area contributed by atoms with Crippen molar-refractivity contribution in [1.82, 2.24) is 0 Å². The van der Waals surface area contributed by atoms with Crippen molar-refractivity contribution < 1.29 is 0 Å². The van der Waals surface area contributed by atoms with Gasteiger partial charge in [-0.05, 0) is 137 Å². The third kappa shape index (κ3) is 3.15. The lowest BCUT2D eigenvalue weighted by molar-refractivity contribution is -0.0399. The molecule has 1 nitrogen and oxygen atoms in total. The molecule has 0 amide bonds. The molecule has 1 heteroatoms. The summed E-state index contributed by atoms with van der Waals surface area (Å²) in [7, 11) is 0. The number of benzene rings is 5. The van der Waals surface area contributed by atoms with Crippen LogP contribution >= 0.6 is 0 Å². The summed E-state index contributed by atoms with van der Waals surface area (Å²) in [4.78, 5) is 2.52. The first kappa shape index (κ1) is 25.2. The molecule has 6 aliphatic rings. The van der Waals surface area contributed by atoms with E-state index in [1.54, 1.807) is 11.1 Å². The first-order valence-corrected chi connectivity index (χ1v) is 16.9. The van der Waals surface area contributed by atoms with Crippen molar-refractivity contribution in [2.24, 2.45) is 23.7 Å². The maximum Gasteiger partial charge on any atom is 0.0465 e. The molecule has 0 radical (unpaired) electrons. The largest absolute Gasteiger partial charge is 0.310 e. The molecule has 0 atom stereocenters. The molecule has 4 saturated carbocycles. The van der Waals surface area contributed by atoms with Crippen molar-refractivity contribution in [2.75, 3.05) is 4.90 Å². The minimum absolute atomic E-state index is 0.0334. The molecule has 0 N–H and O–H groups in total. The topological polar surface area (TPSA) is 3.24 Å². The number of nitrogens with zero attached hydrogens (tertiary/aromatic N) is 1. The van der Waals surface area contributed by atoms with E-state index < -0.39 is 0 Å². The quantitative estimate of drug-likeness (QED) is 0.209. The van der Waals surface area contributed by atoms with Crippen LogP contribution in [0.25, 0.3) is 22.3 Å². The normalized spacial score (nSPS) is 27.6. The molecule has 0 unspecified atom stereocenters. The minimum atomic E-state index is -0.0334. The van der Waals surface area contributed by atoms with E-state index in [9.17, 15) is 0 Å². The average molecular weight is 570 g/mol. The van der Waals surface area contributed by atoms with Crippen molar-refractivity contribution in [3.8, 4) is 22.3 Å². The van der Waals surface area contributed by atoms with Gasteiger partial charge in [-0.1, -0.05) is 92.7 Å². The zero-order valence-electron chi connectivity index (χ0n) is 25.8. The van der Waals surface area contributed by atoms with E-state index in [4.69, 9.17) is 0 Å². The molecule has 6 aliphatic carbocycles. The van der Waals surface area contributed by atoms with Gasteiger partial charge in [-0.3, -0.25) is 0 Å². The van der Waals surface area contributed by atoms with Crippen LogP contribution in [0.15, 0.2) is 115 Å². The molecule has 11 rings (SSSR count). The predicted octanol–water partition coefficient (Wildman–Crippen LogP) is 11.2. The Labute approximate surface area is 261 Å². The monoisotopic (exact) mass is 569 g/mol. The highest BCUT2D eigenvalue weighted by Gasteiger charge is 2.61.